The highest BCUT2D eigenvalue weighted by molar-refractivity contribution is 5.96. The fourth-order valence-corrected chi connectivity index (χ4v) is 3.03. The van der Waals surface area contributed by atoms with Crippen molar-refractivity contribution in [2.45, 2.75) is 38.3 Å². The first-order valence-corrected chi connectivity index (χ1v) is 8.15. The monoisotopic (exact) mass is 317 g/mol. The van der Waals surface area contributed by atoms with Gasteiger partial charge in [0, 0.05) is 31.8 Å². The van der Waals surface area contributed by atoms with Crippen molar-refractivity contribution < 1.29 is 14.3 Å². The van der Waals surface area contributed by atoms with Crippen LogP contribution in [0.5, 0.6) is 0 Å². The molecule has 0 saturated carbocycles. The van der Waals surface area contributed by atoms with E-state index in [0.29, 0.717) is 19.5 Å². The summed E-state index contributed by atoms with van der Waals surface area (Å²) in [7, 11) is 0. The van der Waals surface area contributed by atoms with Crippen LogP contribution in [-0.2, 0) is 9.53 Å². The lowest BCUT2D eigenvalue weighted by atomic mass is 10.2. The van der Waals surface area contributed by atoms with Gasteiger partial charge in [-0.3, -0.25) is 4.79 Å². The third-order valence-corrected chi connectivity index (χ3v) is 4.32. The lowest BCUT2D eigenvalue weighted by Crippen LogP contribution is -2.45. The van der Waals surface area contributed by atoms with Crippen LogP contribution in [0.25, 0.3) is 0 Å². The Hall–Kier alpha value is -2.08. The number of ether oxygens (including phenoxy) is 1. The maximum absolute atomic E-state index is 12.2. The molecule has 0 spiro atoms. The average molecular weight is 317 g/mol. The fourth-order valence-electron chi connectivity index (χ4n) is 3.03. The Morgan fingerprint density at radius 3 is 2.83 bits per heavy atom. The summed E-state index contributed by atoms with van der Waals surface area (Å²) < 4.78 is 5.47. The third kappa shape index (κ3) is 4.01. The van der Waals surface area contributed by atoms with Crippen molar-refractivity contribution in [3.05, 3.63) is 29.8 Å². The number of carbonyl (C=O) groups is 2. The topological polar surface area (TPSA) is 70.7 Å². The number of benzene rings is 1. The summed E-state index contributed by atoms with van der Waals surface area (Å²) in [5, 5.41) is 5.70. The smallest absolute Gasteiger partial charge is 0.315 e. The van der Waals surface area contributed by atoms with E-state index >= 15 is 0 Å². The number of hydrogen-bond donors (Lipinski definition) is 2. The fraction of sp³-hybridized carbons (Fsp3) is 0.529. The van der Waals surface area contributed by atoms with Gasteiger partial charge in [-0.1, -0.05) is 17.7 Å². The molecule has 2 heterocycles. The molecule has 0 bridgehead atoms. The van der Waals surface area contributed by atoms with Crippen LogP contribution in [0.3, 0.4) is 0 Å². The van der Waals surface area contributed by atoms with E-state index in [1.165, 1.54) is 0 Å². The third-order valence-electron chi connectivity index (χ3n) is 4.32. The van der Waals surface area contributed by atoms with Gasteiger partial charge in [-0.2, -0.15) is 0 Å². The average Bonchev–Trinajstić information content (AvgIpc) is 3.16. The van der Waals surface area contributed by atoms with Crippen LogP contribution in [0, 0.1) is 6.92 Å². The van der Waals surface area contributed by atoms with Crippen molar-refractivity contribution in [2.75, 3.05) is 24.6 Å². The molecule has 2 saturated heterocycles. The van der Waals surface area contributed by atoms with Crippen LogP contribution in [0.1, 0.15) is 24.8 Å². The van der Waals surface area contributed by atoms with Crippen LogP contribution in [-0.4, -0.2) is 43.8 Å². The number of anilines is 1. The highest BCUT2D eigenvalue weighted by atomic mass is 16.5. The zero-order chi connectivity index (χ0) is 16.2. The number of aryl methyl sites for hydroxylation is 1. The zero-order valence-corrected chi connectivity index (χ0v) is 13.4. The first-order chi connectivity index (χ1) is 11.1. The first-order valence-electron chi connectivity index (χ1n) is 8.15. The second-order valence-electron chi connectivity index (χ2n) is 6.23. The molecule has 1 aromatic rings. The van der Waals surface area contributed by atoms with Gasteiger partial charge in [-0.25, -0.2) is 4.79 Å². The molecule has 6 nitrogen and oxygen atoms in total. The van der Waals surface area contributed by atoms with E-state index in [2.05, 4.69) is 10.6 Å². The van der Waals surface area contributed by atoms with Crippen LogP contribution in [0.4, 0.5) is 10.5 Å². The first kappa shape index (κ1) is 15.8. The van der Waals surface area contributed by atoms with Crippen molar-refractivity contribution in [3.8, 4) is 0 Å². The largest absolute Gasteiger partial charge is 0.376 e. The maximum Gasteiger partial charge on any atom is 0.315 e. The molecule has 6 heteroatoms. The van der Waals surface area contributed by atoms with Gasteiger partial charge in [0.25, 0.3) is 0 Å². The quantitative estimate of drug-likeness (QED) is 0.886. The summed E-state index contributed by atoms with van der Waals surface area (Å²) >= 11 is 0. The van der Waals surface area contributed by atoms with E-state index in [9.17, 15) is 9.59 Å². The van der Waals surface area contributed by atoms with E-state index in [4.69, 9.17) is 4.74 Å². The van der Waals surface area contributed by atoms with E-state index in [0.717, 1.165) is 30.7 Å². The van der Waals surface area contributed by atoms with Crippen molar-refractivity contribution in [3.63, 3.8) is 0 Å². The Morgan fingerprint density at radius 1 is 1.35 bits per heavy atom. The summed E-state index contributed by atoms with van der Waals surface area (Å²) in [6, 6.07) is 7.45. The molecular formula is C17H23N3O3. The molecule has 2 N–H and O–H groups in total. The summed E-state index contributed by atoms with van der Waals surface area (Å²) in [6.45, 7) is 3.82. The SMILES string of the molecule is Cc1ccc(N2C[C@@H](NC(=O)NC[C@H]3CCCO3)CC2=O)cc1. The standard InChI is InChI=1S/C17H23N3O3/c1-12-4-6-14(7-5-12)20-11-13(9-16(20)21)19-17(22)18-10-15-3-2-8-23-15/h4-7,13,15H,2-3,8-11H2,1H3,(H2,18,19,22)/t13-,15+/m0/s1. The molecule has 2 aliphatic heterocycles. The molecule has 124 valence electrons. The predicted octanol–water partition coefficient (Wildman–Crippen LogP) is 1.58. The van der Waals surface area contributed by atoms with Gasteiger partial charge in [0.2, 0.25) is 5.91 Å². The Bertz CT molecular complexity index is 567. The molecule has 0 unspecified atom stereocenters. The minimum Gasteiger partial charge on any atom is -0.376 e. The lowest BCUT2D eigenvalue weighted by Gasteiger charge is -2.18. The molecule has 0 aromatic heterocycles. The molecule has 2 fully saturated rings. The van der Waals surface area contributed by atoms with Gasteiger partial charge >= 0.3 is 6.03 Å². The maximum atomic E-state index is 12.2. The second-order valence-corrected chi connectivity index (χ2v) is 6.23. The molecule has 0 aliphatic carbocycles. The highest BCUT2D eigenvalue weighted by Gasteiger charge is 2.31. The lowest BCUT2D eigenvalue weighted by molar-refractivity contribution is -0.117. The van der Waals surface area contributed by atoms with Gasteiger partial charge in [0.05, 0.1) is 12.1 Å². The van der Waals surface area contributed by atoms with Gasteiger partial charge in [0.15, 0.2) is 0 Å². The van der Waals surface area contributed by atoms with E-state index in [1.807, 2.05) is 31.2 Å². The number of nitrogens with zero attached hydrogens (tertiary/aromatic N) is 1. The van der Waals surface area contributed by atoms with Crippen LogP contribution >= 0.6 is 0 Å². The van der Waals surface area contributed by atoms with Crippen molar-refractivity contribution >= 4 is 17.6 Å². The van der Waals surface area contributed by atoms with E-state index in [-0.39, 0.29) is 24.1 Å². The normalized spacial score (nSPS) is 24.0. The molecule has 2 atom stereocenters. The zero-order valence-electron chi connectivity index (χ0n) is 13.4. The van der Waals surface area contributed by atoms with E-state index in [1.54, 1.807) is 4.90 Å². The van der Waals surface area contributed by atoms with Gasteiger partial charge in [-0.05, 0) is 31.9 Å². The molecule has 2 aliphatic rings. The molecular weight excluding hydrogens is 294 g/mol. The van der Waals surface area contributed by atoms with Crippen molar-refractivity contribution in [1.82, 2.24) is 10.6 Å². The highest BCUT2D eigenvalue weighted by Crippen LogP contribution is 2.21. The number of rotatable bonds is 4. The molecule has 1 aromatic carbocycles. The molecule has 3 amide bonds. The van der Waals surface area contributed by atoms with Gasteiger partial charge in [-0.15, -0.1) is 0 Å². The van der Waals surface area contributed by atoms with Crippen LogP contribution < -0.4 is 15.5 Å². The number of nitrogens with one attached hydrogen (secondary N) is 2. The second kappa shape index (κ2) is 7.00. The summed E-state index contributed by atoms with van der Waals surface area (Å²) in [5.74, 6) is 0.0401. The molecule has 3 rings (SSSR count). The molecule has 0 radical (unpaired) electrons. The van der Waals surface area contributed by atoms with Gasteiger partial charge < -0.3 is 20.3 Å². The van der Waals surface area contributed by atoms with Crippen LogP contribution in [0.15, 0.2) is 24.3 Å². The minimum atomic E-state index is -0.232. The minimum absolute atomic E-state index is 0.0401. The number of hydrogen-bond acceptors (Lipinski definition) is 3. The summed E-state index contributed by atoms with van der Waals surface area (Å²) in [6.07, 6.45) is 2.50. The number of urea groups is 1. The Balaban J connectivity index is 1.48. The Morgan fingerprint density at radius 2 is 2.13 bits per heavy atom. The summed E-state index contributed by atoms with van der Waals surface area (Å²) in [4.78, 5) is 25.8. The summed E-state index contributed by atoms with van der Waals surface area (Å²) in [5.41, 5.74) is 2.04. The molecule has 23 heavy (non-hydrogen) atoms. The van der Waals surface area contributed by atoms with Crippen molar-refractivity contribution in [1.29, 1.82) is 0 Å². The Labute approximate surface area is 136 Å². The Kier molecular flexibility index (Phi) is 4.81. The van der Waals surface area contributed by atoms with Gasteiger partial charge in [0.1, 0.15) is 0 Å². The van der Waals surface area contributed by atoms with Crippen molar-refractivity contribution in [2.24, 2.45) is 0 Å². The number of carbonyl (C=O) groups excluding carboxylic acids is 2. The predicted molar refractivity (Wildman–Crippen MR) is 87.4 cm³/mol. The van der Waals surface area contributed by atoms with E-state index < -0.39 is 0 Å². The van der Waals surface area contributed by atoms with Crippen LogP contribution in [0.2, 0.25) is 0 Å². The number of amides is 3.